The number of hydrogen-bond donors (Lipinski definition) is 1. The molecular formula is C15H22F3N3O2. The van der Waals surface area contributed by atoms with E-state index in [0.29, 0.717) is 13.0 Å². The van der Waals surface area contributed by atoms with Crippen LogP contribution in [0.3, 0.4) is 0 Å². The first-order valence-electron chi connectivity index (χ1n) is 7.77. The van der Waals surface area contributed by atoms with Gasteiger partial charge in [0.2, 0.25) is 11.5 Å². The standard InChI is InChI=1S/C15H22F3N3O2/c1-3-11-6-4-5-8-21(11)12(22)10-14(23,15(16,17)18)13-19-7-9-20(13)2/h7,9,11,23H,3-6,8,10H2,1-2H3. The lowest BCUT2D eigenvalue weighted by Gasteiger charge is -2.38. The van der Waals surface area contributed by atoms with Crippen LogP contribution in [-0.2, 0) is 17.4 Å². The Hall–Kier alpha value is -1.57. The Morgan fingerprint density at radius 3 is 2.65 bits per heavy atom. The number of amides is 1. The van der Waals surface area contributed by atoms with Crippen molar-refractivity contribution in [2.24, 2.45) is 7.05 Å². The van der Waals surface area contributed by atoms with Gasteiger partial charge in [-0.05, 0) is 25.7 Å². The molecule has 1 saturated heterocycles. The Kier molecular flexibility index (Phi) is 5.03. The van der Waals surface area contributed by atoms with Gasteiger partial charge in [-0.1, -0.05) is 6.92 Å². The molecule has 0 spiro atoms. The lowest BCUT2D eigenvalue weighted by Crippen LogP contribution is -2.51. The second-order valence-corrected chi connectivity index (χ2v) is 6.04. The van der Waals surface area contributed by atoms with Crippen molar-refractivity contribution in [1.29, 1.82) is 0 Å². The highest BCUT2D eigenvalue weighted by Gasteiger charge is 2.59. The highest BCUT2D eigenvalue weighted by atomic mass is 19.4. The summed E-state index contributed by atoms with van der Waals surface area (Å²) in [6.45, 7) is 2.34. The van der Waals surface area contributed by atoms with E-state index in [0.717, 1.165) is 23.8 Å². The Balaban J connectivity index is 2.28. The average molecular weight is 333 g/mol. The van der Waals surface area contributed by atoms with Crippen molar-refractivity contribution in [3.63, 3.8) is 0 Å². The van der Waals surface area contributed by atoms with Crippen LogP contribution in [0.4, 0.5) is 13.2 Å². The molecule has 0 radical (unpaired) electrons. The molecule has 1 amide bonds. The van der Waals surface area contributed by atoms with Crippen molar-refractivity contribution in [3.05, 3.63) is 18.2 Å². The maximum absolute atomic E-state index is 13.5. The van der Waals surface area contributed by atoms with Gasteiger partial charge < -0.3 is 14.6 Å². The number of aryl methyl sites for hydroxylation is 1. The Labute approximate surface area is 133 Å². The van der Waals surface area contributed by atoms with E-state index in [1.807, 2.05) is 6.92 Å². The summed E-state index contributed by atoms with van der Waals surface area (Å²) in [6, 6.07) is -0.0601. The van der Waals surface area contributed by atoms with E-state index < -0.39 is 29.9 Å². The number of nitrogens with zero attached hydrogens (tertiary/aromatic N) is 3. The molecule has 0 saturated carbocycles. The third kappa shape index (κ3) is 3.36. The van der Waals surface area contributed by atoms with Crippen molar-refractivity contribution in [2.45, 2.75) is 56.8 Å². The summed E-state index contributed by atoms with van der Waals surface area (Å²) < 4.78 is 41.5. The number of carbonyl (C=O) groups excluding carboxylic acids is 1. The van der Waals surface area contributed by atoms with Gasteiger partial charge in [0.1, 0.15) is 0 Å². The lowest BCUT2D eigenvalue weighted by atomic mass is 9.94. The number of hydrogen-bond acceptors (Lipinski definition) is 3. The second-order valence-electron chi connectivity index (χ2n) is 6.04. The number of carbonyl (C=O) groups is 1. The normalized spacial score (nSPS) is 22.0. The molecule has 130 valence electrons. The number of likely N-dealkylation sites (tertiary alicyclic amines) is 1. The monoisotopic (exact) mass is 333 g/mol. The van der Waals surface area contributed by atoms with Gasteiger partial charge in [-0.25, -0.2) is 4.98 Å². The minimum absolute atomic E-state index is 0.0601. The fourth-order valence-electron chi connectivity index (χ4n) is 3.14. The van der Waals surface area contributed by atoms with E-state index in [2.05, 4.69) is 4.98 Å². The van der Waals surface area contributed by atoms with Crippen molar-refractivity contribution in [1.82, 2.24) is 14.5 Å². The van der Waals surface area contributed by atoms with E-state index >= 15 is 0 Å². The molecule has 1 aliphatic rings. The van der Waals surface area contributed by atoms with Gasteiger partial charge in [-0.2, -0.15) is 13.2 Å². The van der Waals surface area contributed by atoms with Crippen LogP contribution < -0.4 is 0 Å². The number of halogens is 3. The molecule has 2 unspecified atom stereocenters. The summed E-state index contributed by atoms with van der Waals surface area (Å²) in [5.74, 6) is -1.25. The predicted molar refractivity (Wildman–Crippen MR) is 77.4 cm³/mol. The molecule has 2 heterocycles. The number of imidazole rings is 1. The second kappa shape index (κ2) is 6.51. The zero-order chi connectivity index (χ0) is 17.3. The first-order chi connectivity index (χ1) is 10.7. The van der Waals surface area contributed by atoms with Crippen LogP contribution >= 0.6 is 0 Å². The minimum Gasteiger partial charge on any atom is -0.374 e. The Bertz CT molecular complexity index is 558. The van der Waals surface area contributed by atoms with Gasteiger partial charge in [0.25, 0.3) is 0 Å². The molecule has 0 aromatic carbocycles. The molecule has 0 aliphatic carbocycles. The molecule has 1 aromatic heterocycles. The van der Waals surface area contributed by atoms with Gasteiger partial charge in [0.05, 0.1) is 6.42 Å². The summed E-state index contributed by atoms with van der Waals surface area (Å²) in [7, 11) is 1.36. The number of alkyl halides is 3. The largest absolute Gasteiger partial charge is 0.425 e. The topological polar surface area (TPSA) is 58.4 Å². The highest BCUT2D eigenvalue weighted by molar-refractivity contribution is 5.78. The van der Waals surface area contributed by atoms with Crippen LogP contribution in [-0.4, -0.2) is 44.2 Å². The number of aliphatic hydroxyl groups is 1. The summed E-state index contributed by atoms with van der Waals surface area (Å²) in [5.41, 5.74) is -3.28. The summed E-state index contributed by atoms with van der Waals surface area (Å²) in [4.78, 5) is 17.6. The fourth-order valence-corrected chi connectivity index (χ4v) is 3.14. The maximum Gasteiger partial charge on any atom is 0.425 e. The molecule has 1 N–H and O–H groups in total. The van der Waals surface area contributed by atoms with Crippen LogP contribution in [0, 0.1) is 0 Å². The molecule has 2 rings (SSSR count). The van der Waals surface area contributed by atoms with Crippen LogP contribution in [0.25, 0.3) is 0 Å². The predicted octanol–water partition coefficient (Wildman–Crippen LogP) is 2.35. The van der Waals surface area contributed by atoms with E-state index in [4.69, 9.17) is 0 Å². The maximum atomic E-state index is 13.5. The summed E-state index contributed by atoms with van der Waals surface area (Å²) in [6.07, 6.45) is -0.330. The Morgan fingerprint density at radius 1 is 1.43 bits per heavy atom. The molecule has 1 aromatic rings. The number of rotatable bonds is 4. The van der Waals surface area contributed by atoms with Crippen LogP contribution in [0.5, 0.6) is 0 Å². The molecule has 8 heteroatoms. The zero-order valence-electron chi connectivity index (χ0n) is 13.3. The average Bonchev–Trinajstić information content (AvgIpc) is 2.92. The summed E-state index contributed by atoms with van der Waals surface area (Å²) >= 11 is 0. The van der Waals surface area contributed by atoms with Gasteiger partial charge >= 0.3 is 6.18 Å². The van der Waals surface area contributed by atoms with Gasteiger partial charge in [-0.3, -0.25) is 4.79 Å². The zero-order valence-corrected chi connectivity index (χ0v) is 13.3. The minimum atomic E-state index is -4.99. The van der Waals surface area contributed by atoms with Crippen LogP contribution in [0.2, 0.25) is 0 Å². The smallest absolute Gasteiger partial charge is 0.374 e. The lowest BCUT2D eigenvalue weighted by molar-refractivity contribution is -0.272. The van der Waals surface area contributed by atoms with Crippen molar-refractivity contribution in [2.75, 3.05) is 6.54 Å². The van der Waals surface area contributed by atoms with E-state index in [1.54, 1.807) is 0 Å². The van der Waals surface area contributed by atoms with E-state index in [9.17, 15) is 23.1 Å². The number of piperidine rings is 1. The van der Waals surface area contributed by atoms with E-state index in [-0.39, 0.29) is 6.04 Å². The third-order valence-electron chi connectivity index (χ3n) is 4.49. The van der Waals surface area contributed by atoms with E-state index in [1.165, 1.54) is 24.3 Å². The quantitative estimate of drug-likeness (QED) is 0.920. The molecule has 1 aliphatic heterocycles. The van der Waals surface area contributed by atoms with Crippen LogP contribution in [0.1, 0.15) is 44.9 Å². The SMILES string of the molecule is CCC1CCCCN1C(=O)CC(O)(c1nccn1C)C(F)(F)F. The molecule has 2 atom stereocenters. The highest BCUT2D eigenvalue weighted by Crippen LogP contribution is 2.41. The molecule has 5 nitrogen and oxygen atoms in total. The van der Waals surface area contributed by atoms with Crippen molar-refractivity contribution in [3.8, 4) is 0 Å². The third-order valence-corrected chi connectivity index (χ3v) is 4.49. The number of aromatic nitrogens is 2. The summed E-state index contributed by atoms with van der Waals surface area (Å²) in [5, 5.41) is 10.3. The first kappa shape index (κ1) is 17.8. The van der Waals surface area contributed by atoms with Crippen molar-refractivity contribution >= 4 is 5.91 Å². The van der Waals surface area contributed by atoms with Crippen molar-refractivity contribution < 1.29 is 23.1 Å². The molecule has 1 fully saturated rings. The molecular weight excluding hydrogens is 311 g/mol. The van der Waals surface area contributed by atoms with Gasteiger partial charge in [0.15, 0.2) is 5.82 Å². The van der Waals surface area contributed by atoms with Gasteiger partial charge in [0, 0.05) is 32.0 Å². The van der Waals surface area contributed by atoms with Crippen LogP contribution in [0.15, 0.2) is 12.4 Å². The fraction of sp³-hybridized carbons (Fsp3) is 0.733. The Morgan fingerprint density at radius 2 is 2.13 bits per heavy atom. The first-order valence-corrected chi connectivity index (χ1v) is 7.77. The molecule has 23 heavy (non-hydrogen) atoms. The molecule has 0 bridgehead atoms. The van der Waals surface area contributed by atoms with Gasteiger partial charge in [-0.15, -0.1) is 0 Å².